The van der Waals surface area contributed by atoms with Crippen molar-refractivity contribution >= 4 is 0 Å². The van der Waals surface area contributed by atoms with Crippen molar-refractivity contribution in [1.82, 2.24) is 15.1 Å². The molecule has 2 heterocycles. The van der Waals surface area contributed by atoms with Crippen molar-refractivity contribution in [2.24, 2.45) is 0 Å². The van der Waals surface area contributed by atoms with Gasteiger partial charge in [-0.1, -0.05) is 6.92 Å². The lowest BCUT2D eigenvalue weighted by atomic mass is 10.0. The maximum absolute atomic E-state index is 5.65. The summed E-state index contributed by atoms with van der Waals surface area (Å²) in [6, 6.07) is 1.19. The van der Waals surface area contributed by atoms with Crippen molar-refractivity contribution in [3.63, 3.8) is 0 Å². The van der Waals surface area contributed by atoms with Crippen LogP contribution in [0.4, 0.5) is 0 Å². The van der Waals surface area contributed by atoms with Crippen LogP contribution in [0.15, 0.2) is 0 Å². The van der Waals surface area contributed by atoms with E-state index in [1.54, 1.807) is 0 Å². The second-order valence-electron chi connectivity index (χ2n) is 5.20. The van der Waals surface area contributed by atoms with E-state index in [0.717, 1.165) is 19.6 Å². The minimum absolute atomic E-state index is 0.581. The number of piperazine rings is 1. The van der Waals surface area contributed by atoms with Crippen LogP contribution in [-0.4, -0.2) is 74.9 Å². The topological polar surface area (TPSA) is 27.7 Å². The van der Waals surface area contributed by atoms with Crippen LogP contribution in [0.1, 0.15) is 19.8 Å². The first-order chi connectivity index (χ1) is 8.35. The molecule has 1 N–H and O–H groups in total. The summed E-state index contributed by atoms with van der Waals surface area (Å²) in [4.78, 5) is 5.20. The Bertz CT molecular complexity index is 217. The average molecular weight is 241 g/mol. The number of nitrogens with zero attached hydrogens (tertiary/aromatic N) is 2. The lowest BCUT2D eigenvalue weighted by Gasteiger charge is -2.43. The van der Waals surface area contributed by atoms with Crippen LogP contribution in [0.5, 0.6) is 0 Å². The molecule has 4 nitrogen and oxygen atoms in total. The van der Waals surface area contributed by atoms with E-state index >= 15 is 0 Å². The molecular formula is C13H27N3O. The van der Waals surface area contributed by atoms with Gasteiger partial charge in [0.2, 0.25) is 0 Å². The molecule has 2 fully saturated rings. The quantitative estimate of drug-likeness (QED) is 0.771. The smallest absolute Gasteiger partial charge is 0.0637 e. The highest BCUT2D eigenvalue weighted by molar-refractivity contribution is 4.88. The van der Waals surface area contributed by atoms with Crippen LogP contribution in [0.3, 0.4) is 0 Å². The lowest BCUT2D eigenvalue weighted by Crippen LogP contribution is -2.59. The normalized spacial score (nSPS) is 32.8. The molecule has 2 unspecified atom stereocenters. The number of rotatable bonds is 4. The van der Waals surface area contributed by atoms with Gasteiger partial charge in [0, 0.05) is 44.9 Å². The van der Waals surface area contributed by atoms with Crippen molar-refractivity contribution in [1.29, 1.82) is 0 Å². The maximum Gasteiger partial charge on any atom is 0.0637 e. The van der Waals surface area contributed by atoms with E-state index in [1.165, 1.54) is 39.1 Å². The van der Waals surface area contributed by atoms with Gasteiger partial charge in [0.05, 0.1) is 6.61 Å². The van der Waals surface area contributed by atoms with Gasteiger partial charge in [-0.3, -0.25) is 4.90 Å². The van der Waals surface area contributed by atoms with Crippen LogP contribution in [0.2, 0.25) is 0 Å². The predicted octanol–water partition coefficient (Wildman–Crippen LogP) is 0.391. The molecular weight excluding hydrogens is 214 g/mol. The molecule has 2 rings (SSSR count). The van der Waals surface area contributed by atoms with Gasteiger partial charge in [0.15, 0.2) is 0 Å². The van der Waals surface area contributed by atoms with Gasteiger partial charge >= 0.3 is 0 Å². The molecule has 0 aromatic rings. The number of nitrogens with one attached hydrogen (secondary N) is 1. The van der Waals surface area contributed by atoms with Crippen molar-refractivity contribution in [2.75, 3.05) is 53.0 Å². The predicted molar refractivity (Wildman–Crippen MR) is 70.4 cm³/mol. The second kappa shape index (κ2) is 6.69. The van der Waals surface area contributed by atoms with Gasteiger partial charge in [0.25, 0.3) is 0 Å². The first-order valence-electron chi connectivity index (χ1n) is 7.06. The molecule has 4 heteroatoms. The van der Waals surface area contributed by atoms with Gasteiger partial charge < -0.3 is 15.0 Å². The van der Waals surface area contributed by atoms with E-state index in [2.05, 4.69) is 29.1 Å². The first kappa shape index (κ1) is 13.3. The minimum atomic E-state index is 0.581. The number of ether oxygens (including phenoxy) is 1. The largest absolute Gasteiger partial charge is 0.380 e. The number of hydrogen-bond donors (Lipinski definition) is 1. The number of hydrogen-bond acceptors (Lipinski definition) is 4. The molecule has 2 atom stereocenters. The number of likely N-dealkylation sites (N-methyl/N-ethyl adjacent to an activating group) is 1. The summed E-state index contributed by atoms with van der Waals surface area (Å²) in [5.41, 5.74) is 0. The summed E-state index contributed by atoms with van der Waals surface area (Å²) in [6.07, 6.45) is 2.42. The summed E-state index contributed by atoms with van der Waals surface area (Å²) in [5, 5.41) is 3.45. The minimum Gasteiger partial charge on any atom is -0.380 e. The Balaban J connectivity index is 1.82. The fraction of sp³-hybridized carbons (Fsp3) is 1.00. The fourth-order valence-corrected chi connectivity index (χ4v) is 3.05. The molecule has 0 aromatic heterocycles. The Morgan fingerprint density at radius 2 is 2.00 bits per heavy atom. The highest BCUT2D eigenvalue weighted by Gasteiger charge is 2.31. The van der Waals surface area contributed by atoms with Crippen LogP contribution >= 0.6 is 0 Å². The standard InChI is InChI=1S/C13H27N3O/c1-3-5-15-6-8-16(9-7-15)13-11-17-10-4-12(13)14-2/h12-14H,3-11H2,1-2H3. The van der Waals surface area contributed by atoms with Crippen LogP contribution in [0.25, 0.3) is 0 Å². The molecule has 0 saturated carbocycles. The lowest BCUT2D eigenvalue weighted by molar-refractivity contribution is -0.0184. The van der Waals surface area contributed by atoms with Gasteiger partial charge in [-0.25, -0.2) is 0 Å². The van der Waals surface area contributed by atoms with Gasteiger partial charge in [-0.05, 0) is 26.4 Å². The molecule has 0 amide bonds. The Labute approximate surface area is 105 Å². The van der Waals surface area contributed by atoms with Gasteiger partial charge in [-0.15, -0.1) is 0 Å². The highest BCUT2D eigenvalue weighted by Crippen LogP contribution is 2.16. The molecule has 0 spiro atoms. The Morgan fingerprint density at radius 1 is 1.24 bits per heavy atom. The van der Waals surface area contributed by atoms with Crippen molar-refractivity contribution < 1.29 is 4.74 Å². The third-order valence-electron chi connectivity index (χ3n) is 4.11. The molecule has 0 aliphatic carbocycles. The summed E-state index contributed by atoms with van der Waals surface area (Å²) < 4.78 is 5.65. The summed E-state index contributed by atoms with van der Waals surface area (Å²) in [7, 11) is 2.08. The molecule has 0 aromatic carbocycles. The van der Waals surface area contributed by atoms with Crippen molar-refractivity contribution in [3.05, 3.63) is 0 Å². The van der Waals surface area contributed by atoms with E-state index in [4.69, 9.17) is 4.74 Å². The zero-order valence-electron chi connectivity index (χ0n) is 11.3. The summed E-state index contributed by atoms with van der Waals surface area (Å²) in [6.45, 7) is 10.2. The van der Waals surface area contributed by atoms with Crippen LogP contribution in [0, 0.1) is 0 Å². The van der Waals surface area contributed by atoms with Gasteiger partial charge in [0.1, 0.15) is 0 Å². The maximum atomic E-state index is 5.65. The van der Waals surface area contributed by atoms with E-state index in [-0.39, 0.29) is 0 Å². The third-order valence-corrected chi connectivity index (χ3v) is 4.11. The third kappa shape index (κ3) is 3.41. The molecule has 2 saturated heterocycles. The van der Waals surface area contributed by atoms with E-state index in [1.807, 2.05) is 0 Å². The molecule has 0 radical (unpaired) electrons. The summed E-state index contributed by atoms with van der Waals surface area (Å²) >= 11 is 0. The first-order valence-corrected chi connectivity index (χ1v) is 7.06. The molecule has 17 heavy (non-hydrogen) atoms. The highest BCUT2D eigenvalue weighted by atomic mass is 16.5. The summed E-state index contributed by atoms with van der Waals surface area (Å²) in [5.74, 6) is 0. The molecule has 2 aliphatic rings. The molecule has 2 aliphatic heterocycles. The zero-order chi connectivity index (χ0) is 12.1. The monoisotopic (exact) mass is 241 g/mol. The fourth-order valence-electron chi connectivity index (χ4n) is 3.05. The van der Waals surface area contributed by atoms with E-state index in [0.29, 0.717) is 12.1 Å². The van der Waals surface area contributed by atoms with Crippen LogP contribution in [-0.2, 0) is 4.74 Å². The van der Waals surface area contributed by atoms with Crippen LogP contribution < -0.4 is 5.32 Å². The van der Waals surface area contributed by atoms with E-state index < -0.39 is 0 Å². The Morgan fingerprint density at radius 3 is 2.65 bits per heavy atom. The van der Waals surface area contributed by atoms with Crippen molar-refractivity contribution in [3.8, 4) is 0 Å². The second-order valence-corrected chi connectivity index (χ2v) is 5.20. The molecule has 0 bridgehead atoms. The Kier molecular flexibility index (Phi) is 5.22. The van der Waals surface area contributed by atoms with Gasteiger partial charge in [-0.2, -0.15) is 0 Å². The SMILES string of the molecule is CCCN1CCN(C2COCCC2NC)CC1. The average Bonchev–Trinajstić information content (AvgIpc) is 2.40. The van der Waals surface area contributed by atoms with E-state index in [9.17, 15) is 0 Å². The van der Waals surface area contributed by atoms with Crippen molar-refractivity contribution in [2.45, 2.75) is 31.8 Å². The molecule has 100 valence electrons. The Hall–Kier alpha value is -0.160. The zero-order valence-corrected chi connectivity index (χ0v) is 11.3.